The van der Waals surface area contributed by atoms with Crippen LogP contribution < -0.4 is 0 Å². The molecule has 0 amide bonds. The van der Waals surface area contributed by atoms with Gasteiger partial charge >= 0.3 is 11.9 Å². The lowest BCUT2D eigenvalue weighted by molar-refractivity contribution is -0.161. The lowest BCUT2D eigenvalue weighted by atomic mass is 10.0. The number of carbonyl (C=O) groups is 2. The Morgan fingerprint density at radius 3 is 1.61 bits per heavy atom. The van der Waals surface area contributed by atoms with Crippen molar-refractivity contribution >= 4 is 11.9 Å². The Kier molecular flexibility index (Phi) is 39.3. The molecule has 0 aliphatic carbocycles. The number of rotatable bonds is 38. The lowest BCUT2D eigenvalue weighted by Crippen LogP contribution is -2.28. The molecule has 3 atom stereocenters. The van der Waals surface area contributed by atoms with Crippen LogP contribution in [0.15, 0.2) is 72.9 Å². The largest absolute Gasteiger partial charge is 0.462 e. The van der Waals surface area contributed by atoms with Crippen LogP contribution in [0.1, 0.15) is 181 Å². The Labute approximate surface area is 330 Å². The highest BCUT2D eigenvalue weighted by Gasteiger charge is 2.16. The Bertz CT molecular complexity index is 1030. The fourth-order valence-electron chi connectivity index (χ4n) is 5.88. The number of hydrogen-bond donors (Lipinski definition) is 3. The van der Waals surface area contributed by atoms with Crippen LogP contribution in [-0.4, -0.2) is 58.8 Å². The van der Waals surface area contributed by atoms with Crippen LogP contribution in [0.5, 0.6) is 0 Å². The summed E-state index contributed by atoms with van der Waals surface area (Å²) in [5, 5.41) is 29.5. The molecule has 310 valence electrons. The maximum Gasteiger partial charge on any atom is 0.306 e. The van der Waals surface area contributed by atoms with Gasteiger partial charge in [0.2, 0.25) is 0 Å². The number of aliphatic hydroxyl groups is 3. The summed E-state index contributed by atoms with van der Waals surface area (Å²) in [7, 11) is 0. The molecular weight excluding hydrogens is 677 g/mol. The van der Waals surface area contributed by atoms with E-state index in [4.69, 9.17) is 9.47 Å². The van der Waals surface area contributed by atoms with E-state index in [-0.39, 0.29) is 19.0 Å². The highest BCUT2D eigenvalue weighted by atomic mass is 16.6. The molecule has 0 heterocycles. The number of aliphatic hydroxyl groups excluding tert-OH is 3. The van der Waals surface area contributed by atoms with Gasteiger partial charge in [-0.1, -0.05) is 202 Å². The number of esters is 2. The molecule has 0 radical (unpaired) electrons. The average molecular weight is 757 g/mol. The predicted molar refractivity (Wildman–Crippen MR) is 226 cm³/mol. The molecule has 0 saturated carbocycles. The van der Waals surface area contributed by atoms with Gasteiger partial charge in [-0.2, -0.15) is 0 Å². The standard InChI is InChI=1S/C47H80O7/c1-3-5-7-8-9-10-11-12-13-14-15-16-17-18-19-20-24-27-33-40-47(52)54-45(41-48)42-53-46(51)39-34-28-32-38-44(50)37-31-26-23-21-22-25-30-36-43(49)35-29-6-4-2/h6,22-23,25-26,29-32,36-38,43-45,48-50H,3-5,7-21,24,27-28,33-35,39-42H2,1-2H3/b25-22-,26-23-,29-6-,36-30+,37-31+,38-32-/t43-,44-,45+/m1/s1. The lowest BCUT2D eigenvalue weighted by Gasteiger charge is -2.15. The summed E-state index contributed by atoms with van der Waals surface area (Å²) in [6.07, 6.45) is 49.0. The zero-order chi connectivity index (χ0) is 39.6. The van der Waals surface area contributed by atoms with Gasteiger partial charge in [-0.05, 0) is 38.5 Å². The summed E-state index contributed by atoms with van der Waals surface area (Å²) in [5.41, 5.74) is 0. The number of unbranched alkanes of at least 4 members (excludes halogenated alkanes) is 19. The molecule has 0 saturated heterocycles. The fraction of sp³-hybridized carbons (Fsp3) is 0.702. The summed E-state index contributed by atoms with van der Waals surface area (Å²) in [5.74, 6) is -0.773. The SMILES string of the molecule is CC/C=C\C[C@@H](O)/C=C/C=C\C/C=C\C=C\[C@@H](O)/C=C\CCCC(=O)OC[C@H](CO)OC(=O)CCCCCCCCCCCCCCCCCCCCC. The van der Waals surface area contributed by atoms with Crippen LogP contribution >= 0.6 is 0 Å². The van der Waals surface area contributed by atoms with Crippen molar-refractivity contribution in [3.63, 3.8) is 0 Å². The number of allylic oxidation sites excluding steroid dienone is 8. The van der Waals surface area contributed by atoms with Gasteiger partial charge in [0.1, 0.15) is 6.61 Å². The van der Waals surface area contributed by atoms with E-state index < -0.39 is 30.9 Å². The number of carbonyl (C=O) groups excluding carboxylic acids is 2. The first-order valence-electron chi connectivity index (χ1n) is 21.7. The molecule has 7 heteroatoms. The van der Waals surface area contributed by atoms with Crippen molar-refractivity contribution in [1.82, 2.24) is 0 Å². The number of hydrogen-bond acceptors (Lipinski definition) is 7. The minimum absolute atomic E-state index is 0.153. The summed E-state index contributed by atoms with van der Waals surface area (Å²) < 4.78 is 10.5. The smallest absolute Gasteiger partial charge is 0.306 e. The first-order chi connectivity index (χ1) is 26.4. The average Bonchev–Trinajstić information content (AvgIpc) is 3.16. The van der Waals surface area contributed by atoms with Gasteiger partial charge in [0.05, 0.1) is 18.8 Å². The molecule has 0 aliphatic rings. The van der Waals surface area contributed by atoms with Gasteiger partial charge < -0.3 is 24.8 Å². The number of ether oxygens (including phenoxy) is 2. The predicted octanol–water partition coefficient (Wildman–Crippen LogP) is 11.7. The van der Waals surface area contributed by atoms with E-state index >= 15 is 0 Å². The zero-order valence-corrected chi connectivity index (χ0v) is 34.4. The first-order valence-corrected chi connectivity index (χ1v) is 21.7. The van der Waals surface area contributed by atoms with E-state index in [9.17, 15) is 24.9 Å². The van der Waals surface area contributed by atoms with Gasteiger partial charge in [-0.25, -0.2) is 0 Å². The Morgan fingerprint density at radius 1 is 0.556 bits per heavy atom. The zero-order valence-electron chi connectivity index (χ0n) is 34.4. The molecule has 54 heavy (non-hydrogen) atoms. The second-order valence-electron chi connectivity index (χ2n) is 14.4. The van der Waals surface area contributed by atoms with Crippen molar-refractivity contribution in [2.24, 2.45) is 0 Å². The molecule has 7 nitrogen and oxygen atoms in total. The van der Waals surface area contributed by atoms with Crippen LogP contribution in [0.2, 0.25) is 0 Å². The van der Waals surface area contributed by atoms with Gasteiger partial charge in [-0.3, -0.25) is 9.59 Å². The van der Waals surface area contributed by atoms with E-state index in [0.717, 1.165) is 32.1 Å². The molecule has 0 unspecified atom stereocenters. The molecule has 0 aromatic heterocycles. The quantitative estimate of drug-likeness (QED) is 0.0249. The van der Waals surface area contributed by atoms with Crippen LogP contribution in [0, 0.1) is 0 Å². The normalized spacial score (nSPS) is 14.1. The molecule has 0 fully saturated rings. The molecule has 0 aromatic rings. The van der Waals surface area contributed by atoms with Gasteiger partial charge in [0.15, 0.2) is 6.10 Å². The minimum atomic E-state index is -0.845. The van der Waals surface area contributed by atoms with Crippen molar-refractivity contribution in [2.45, 2.75) is 199 Å². The van der Waals surface area contributed by atoms with E-state index in [1.807, 2.05) is 48.6 Å². The van der Waals surface area contributed by atoms with Crippen molar-refractivity contribution in [3.05, 3.63) is 72.9 Å². The summed E-state index contributed by atoms with van der Waals surface area (Å²) in [4.78, 5) is 24.3. The van der Waals surface area contributed by atoms with Gasteiger partial charge in [0.25, 0.3) is 0 Å². The molecule has 0 bridgehead atoms. The van der Waals surface area contributed by atoms with Crippen molar-refractivity contribution in [1.29, 1.82) is 0 Å². The molecule has 3 N–H and O–H groups in total. The monoisotopic (exact) mass is 757 g/mol. The topological polar surface area (TPSA) is 113 Å². The second kappa shape index (κ2) is 41.4. The molecule has 0 rings (SSSR count). The van der Waals surface area contributed by atoms with E-state index in [2.05, 4.69) is 13.8 Å². The van der Waals surface area contributed by atoms with Crippen LogP contribution in [0.3, 0.4) is 0 Å². The van der Waals surface area contributed by atoms with Crippen molar-refractivity contribution in [2.75, 3.05) is 13.2 Å². The van der Waals surface area contributed by atoms with E-state index in [1.54, 1.807) is 24.3 Å². The fourth-order valence-corrected chi connectivity index (χ4v) is 5.88. The Morgan fingerprint density at radius 2 is 1.07 bits per heavy atom. The molecule has 0 aliphatic heterocycles. The van der Waals surface area contributed by atoms with Gasteiger partial charge in [0, 0.05) is 12.8 Å². The van der Waals surface area contributed by atoms with Gasteiger partial charge in [-0.15, -0.1) is 0 Å². The van der Waals surface area contributed by atoms with Crippen molar-refractivity contribution in [3.8, 4) is 0 Å². The summed E-state index contributed by atoms with van der Waals surface area (Å²) >= 11 is 0. The molecular formula is C47H80O7. The van der Waals surface area contributed by atoms with Crippen LogP contribution in [-0.2, 0) is 19.1 Å². The molecule has 0 spiro atoms. The maximum absolute atomic E-state index is 12.2. The summed E-state index contributed by atoms with van der Waals surface area (Å²) in [6, 6.07) is 0. The molecule has 0 aromatic carbocycles. The van der Waals surface area contributed by atoms with Crippen LogP contribution in [0.25, 0.3) is 0 Å². The Hall–Kier alpha value is -2.74. The van der Waals surface area contributed by atoms with E-state index in [1.165, 1.54) is 103 Å². The third-order valence-corrected chi connectivity index (χ3v) is 9.19. The highest BCUT2D eigenvalue weighted by molar-refractivity contribution is 5.70. The van der Waals surface area contributed by atoms with Crippen LogP contribution in [0.4, 0.5) is 0 Å². The maximum atomic E-state index is 12.2. The third kappa shape index (κ3) is 39.0. The van der Waals surface area contributed by atoms with Crippen molar-refractivity contribution < 1.29 is 34.4 Å². The third-order valence-electron chi connectivity index (χ3n) is 9.19. The van der Waals surface area contributed by atoms with E-state index in [0.29, 0.717) is 25.7 Å². The second-order valence-corrected chi connectivity index (χ2v) is 14.4. The minimum Gasteiger partial charge on any atom is -0.462 e. The summed E-state index contributed by atoms with van der Waals surface area (Å²) in [6.45, 7) is 3.79. The highest BCUT2D eigenvalue weighted by Crippen LogP contribution is 2.15. The first kappa shape index (κ1) is 51.3. The Balaban J connectivity index is 3.77.